The molecule has 2 fully saturated rings. The molecule has 1 aromatic carbocycles. The van der Waals surface area contributed by atoms with Gasteiger partial charge < -0.3 is 28.9 Å². The first-order valence-corrected chi connectivity index (χ1v) is 11.7. The third-order valence-corrected chi connectivity index (χ3v) is 6.67. The van der Waals surface area contributed by atoms with E-state index in [2.05, 4.69) is 26.9 Å². The van der Waals surface area contributed by atoms with Crippen LogP contribution < -0.4 is 0 Å². The van der Waals surface area contributed by atoms with Crippen LogP contribution in [0.1, 0.15) is 30.2 Å². The van der Waals surface area contributed by atoms with Crippen molar-refractivity contribution in [2.45, 2.75) is 25.7 Å². The van der Waals surface area contributed by atoms with Gasteiger partial charge in [-0.3, -0.25) is 0 Å². The third kappa shape index (κ3) is 4.93. The van der Waals surface area contributed by atoms with Gasteiger partial charge in [0.05, 0.1) is 19.3 Å². The Morgan fingerprint density at radius 2 is 1.97 bits per heavy atom. The first kappa shape index (κ1) is 22.8. The maximum Gasteiger partial charge on any atom is 0.157 e. The first-order chi connectivity index (χ1) is 16.5. The van der Waals surface area contributed by atoms with Crippen LogP contribution in [0.2, 0.25) is 0 Å². The lowest BCUT2D eigenvalue weighted by Crippen LogP contribution is -2.35. The zero-order valence-electron chi connectivity index (χ0n) is 19.5. The molecule has 1 aliphatic heterocycles. The molecule has 0 radical (unpaired) electrons. The number of aliphatic hydroxyl groups is 2. The van der Waals surface area contributed by atoms with Crippen molar-refractivity contribution in [1.82, 2.24) is 19.6 Å². The van der Waals surface area contributed by atoms with Gasteiger partial charge in [0.1, 0.15) is 17.6 Å². The van der Waals surface area contributed by atoms with Gasteiger partial charge in [-0.25, -0.2) is 4.98 Å². The summed E-state index contributed by atoms with van der Waals surface area (Å²) in [5.74, 6) is 9.78. The summed E-state index contributed by atoms with van der Waals surface area (Å²) in [5.41, 5.74) is 2.72. The maximum absolute atomic E-state index is 9.91. The summed E-state index contributed by atoms with van der Waals surface area (Å²) in [6, 6.07) is 9.97. The lowest BCUT2D eigenvalue weighted by molar-refractivity contribution is 0.0400. The molecule has 8 heteroatoms. The molecule has 0 spiro atoms. The van der Waals surface area contributed by atoms with Crippen LogP contribution >= 0.6 is 0 Å². The van der Waals surface area contributed by atoms with Gasteiger partial charge in [-0.1, -0.05) is 29.1 Å². The van der Waals surface area contributed by atoms with Crippen LogP contribution in [0.4, 0.5) is 0 Å². The first-order valence-electron chi connectivity index (χ1n) is 11.7. The molecule has 5 atom stereocenters. The molecule has 1 unspecified atom stereocenters. The van der Waals surface area contributed by atoms with E-state index in [9.17, 15) is 10.2 Å². The van der Waals surface area contributed by atoms with Crippen molar-refractivity contribution in [3.63, 3.8) is 0 Å². The fraction of sp³-hybridized carbons (Fsp3) is 0.462. The van der Waals surface area contributed by atoms with Gasteiger partial charge in [0, 0.05) is 62.2 Å². The predicted molar refractivity (Wildman–Crippen MR) is 126 cm³/mol. The Balaban J connectivity index is 1.15. The fourth-order valence-corrected chi connectivity index (χ4v) is 4.92. The minimum Gasteiger partial charge on any atom is -0.389 e. The topological polar surface area (TPSA) is 96.8 Å². The van der Waals surface area contributed by atoms with Crippen molar-refractivity contribution in [3.8, 4) is 23.1 Å². The Bertz CT molecular complexity index is 1160. The van der Waals surface area contributed by atoms with Crippen LogP contribution in [-0.4, -0.2) is 69.3 Å². The van der Waals surface area contributed by atoms with Crippen LogP contribution in [0.25, 0.3) is 11.3 Å². The van der Waals surface area contributed by atoms with Crippen molar-refractivity contribution >= 4 is 0 Å². The van der Waals surface area contributed by atoms with Crippen molar-refractivity contribution in [2.75, 3.05) is 33.4 Å². The van der Waals surface area contributed by atoms with E-state index in [0.29, 0.717) is 49.0 Å². The number of ether oxygens (including phenoxy) is 1. The molecule has 3 heterocycles. The third-order valence-electron chi connectivity index (χ3n) is 6.67. The highest BCUT2D eigenvalue weighted by Crippen LogP contribution is 2.51. The number of aliphatic hydroxyl groups excluding tert-OH is 2. The SMILES string of the molecule is COCC(O)CN1C[C@@H]2[C@H](C#Cc3ccc(-c4cc(Cn5ccnc5[C@H](C)O)on4)cc3)[C@@H]2C1. The molecule has 1 aliphatic carbocycles. The Morgan fingerprint density at radius 3 is 2.68 bits per heavy atom. The van der Waals surface area contributed by atoms with Crippen LogP contribution in [0.3, 0.4) is 0 Å². The predicted octanol–water partition coefficient (Wildman–Crippen LogP) is 2.18. The molecular weight excluding hydrogens is 432 g/mol. The Morgan fingerprint density at radius 1 is 1.21 bits per heavy atom. The number of fused-ring (bicyclic) bond motifs is 1. The number of methoxy groups -OCH3 is 1. The normalized spacial score (nSPS) is 23.2. The zero-order chi connectivity index (χ0) is 23.7. The molecular formula is C26H30N4O4. The van der Waals surface area contributed by atoms with E-state index in [1.807, 2.05) is 41.1 Å². The van der Waals surface area contributed by atoms with Gasteiger partial charge in [0.25, 0.3) is 0 Å². The van der Waals surface area contributed by atoms with Crippen LogP contribution in [0.5, 0.6) is 0 Å². The van der Waals surface area contributed by atoms with Crippen LogP contribution in [0.15, 0.2) is 47.2 Å². The second-order valence-corrected chi connectivity index (χ2v) is 9.30. The van der Waals surface area contributed by atoms with Crippen LogP contribution in [0, 0.1) is 29.6 Å². The Kier molecular flexibility index (Phi) is 6.53. The van der Waals surface area contributed by atoms with Crippen molar-refractivity contribution in [3.05, 3.63) is 59.9 Å². The van der Waals surface area contributed by atoms with Gasteiger partial charge in [-0.05, 0) is 30.9 Å². The summed E-state index contributed by atoms with van der Waals surface area (Å²) in [7, 11) is 1.61. The molecule has 178 valence electrons. The minimum atomic E-state index is -0.644. The number of hydrogen-bond acceptors (Lipinski definition) is 7. The van der Waals surface area contributed by atoms with E-state index in [4.69, 9.17) is 9.26 Å². The van der Waals surface area contributed by atoms with E-state index in [1.54, 1.807) is 20.2 Å². The molecule has 8 nitrogen and oxygen atoms in total. The minimum absolute atomic E-state index is 0.384. The lowest BCUT2D eigenvalue weighted by atomic mass is 10.1. The number of likely N-dealkylation sites (tertiary alicyclic amines) is 1. The van der Waals surface area contributed by atoms with Gasteiger partial charge in [0.2, 0.25) is 0 Å². The van der Waals surface area contributed by atoms with E-state index >= 15 is 0 Å². The van der Waals surface area contributed by atoms with E-state index in [0.717, 1.165) is 29.9 Å². The molecule has 0 bridgehead atoms. The summed E-state index contributed by atoms with van der Waals surface area (Å²) in [4.78, 5) is 6.50. The Labute approximate surface area is 199 Å². The number of imidazole rings is 1. The van der Waals surface area contributed by atoms with Gasteiger partial charge in [-0.15, -0.1) is 0 Å². The summed E-state index contributed by atoms with van der Waals surface area (Å²) in [6.07, 6.45) is 2.42. The number of nitrogens with zero attached hydrogens (tertiary/aromatic N) is 4. The molecule has 2 aromatic heterocycles. The largest absolute Gasteiger partial charge is 0.389 e. The second-order valence-electron chi connectivity index (χ2n) is 9.30. The molecule has 34 heavy (non-hydrogen) atoms. The maximum atomic E-state index is 9.91. The highest BCUT2D eigenvalue weighted by Gasteiger charge is 2.54. The molecule has 1 saturated carbocycles. The average Bonchev–Trinajstić information content (AvgIpc) is 3.30. The summed E-state index contributed by atoms with van der Waals surface area (Å²) in [6.45, 7) is 5.23. The number of β-amino-alcohol motifs (C(OH)–C–C–N with tert-alkyl or cyclic N) is 1. The zero-order valence-corrected chi connectivity index (χ0v) is 19.5. The number of piperidine rings is 1. The molecule has 0 amide bonds. The smallest absolute Gasteiger partial charge is 0.157 e. The second kappa shape index (κ2) is 9.72. The quantitative estimate of drug-likeness (QED) is 0.495. The molecule has 1 saturated heterocycles. The highest BCUT2D eigenvalue weighted by molar-refractivity contribution is 5.60. The fourth-order valence-electron chi connectivity index (χ4n) is 4.92. The molecule has 3 aromatic rings. The van der Waals surface area contributed by atoms with E-state index < -0.39 is 12.2 Å². The standard InChI is InChI=1S/C26H30N4O4/c1-17(31)26-27-9-10-30(26)13-21-11-25(28-34-21)19-6-3-18(4-7-19)5-8-22-23-14-29(15-24(22)23)12-20(32)16-33-2/h3-4,6-7,9-11,17,20,22-24,31-32H,12-16H2,1-2H3/t17-,20?,22-,23+,24-/m0/s1. The molecule has 2 aliphatic rings. The lowest BCUT2D eigenvalue weighted by Gasteiger charge is -2.21. The van der Waals surface area contributed by atoms with E-state index in [1.165, 1.54) is 0 Å². The highest BCUT2D eigenvalue weighted by atomic mass is 16.5. The average molecular weight is 463 g/mol. The van der Waals surface area contributed by atoms with Gasteiger partial charge in [-0.2, -0.15) is 0 Å². The summed E-state index contributed by atoms with van der Waals surface area (Å²) < 4.78 is 12.4. The van der Waals surface area contributed by atoms with Gasteiger partial charge in [0.15, 0.2) is 5.76 Å². The Hall–Kier alpha value is -2.96. The van der Waals surface area contributed by atoms with E-state index in [-0.39, 0.29) is 0 Å². The molecule has 5 rings (SSSR count). The van der Waals surface area contributed by atoms with Crippen molar-refractivity contribution in [1.29, 1.82) is 0 Å². The monoisotopic (exact) mass is 462 g/mol. The summed E-state index contributed by atoms with van der Waals surface area (Å²) >= 11 is 0. The van der Waals surface area contributed by atoms with Crippen molar-refractivity contribution in [2.24, 2.45) is 17.8 Å². The number of benzene rings is 1. The van der Waals surface area contributed by atoms with Gasteiger partial charge >= 0.3 is 0 Å². The number of aromatic nitrogens is 3. The number of hydrogen-bond donors (Lipinski definition) is 2. The number of rotatable bonds is 8. The summed E-state index contributed by atoms with van der Waals surface area (Å²) in [5, 5.41) is 23.9. The van der Waals surface area contributed by atoms with Crippen molar-refractivity contribution < 1.29 is 19.5 Å². The van der Waals surface area contributed by atoms with Crippen LogP contribution in [-0.2, 0) is 11.3 Å². The molecule has 2 N–H and O–H groups in total.